The van der Waals surface area contributed by atoms with E-state index < -0.39 is 10.0 Å². The van der Waals surface area contributed by atoms with Crippen molar-refractivity contribution < 1.29 is 9.53 Å². The number of benzene rings is 2. The third kappa shape index (κ3) is 4.54. The summed E-state index contributed by atoms with van der Waals surface area (Å²) in [5, 5.41) is 2.61. The van der Waals surface area contributed by atoms with Crippen LogP contribution in [0.15, 0.2) is 54.6 Å². The van der Waals surface area contributed by atoms with Gasteiger partial charge in [-0.2, -0.15) is 0 Å². The van der Waals surface area contributed by atoms with Gasteiger partial charge in [-0.15, -0.1) is 0 Å². The SMILES string of the molecule is Cc1ccccc1C(=O)N[C@@H](Oc1ccccc1)C(Cl)(Cl)Cl. The molecule has 0 aliphatic heterocycles. The number of carbonyl (C=O) groups is 1. The summed E-state index contributed by atoms with van der Waals surface area (Å²) in [6.07, 6.45) is -1.12. The second-order valence-corrected chi connectivity index (χ2v) is 7.01. The lowest BCUT2D eigenvalue weighted by atomic mass is 10.1. The van der Waals surface area contributed by atoms with Gasteiger partial charge in [-0.3, -0.25) is 4.79 Å². The summed E-state index contributed by atoms with van der Waals surface area (Å²) in [5.74, 6) is 0.120. The Labute approximate surface area is 144 Å². The van der Waals surface area contributed by atoms with Crippen molar-refractivity contribution in [3.63, 3.8) is 0 Å². The van der Waals surface area contributed by atoms with Crippen LogP contribution in [0, 0.1) is 6.92 Å². The number of para-hydroxylation sites is 1. The maximum atomic E-state index is 12.3. The quantitative estimate of drug-likeness (QED) is 0.645. The van der Waals surface area contributed by atoms with Crippen molar-refractivity contribution in [2.75, 3.05) is 0 Å². The molecule has 1 amide bonds. The third-order valence-corrected chi connectivity index (χ3v) is 3.54. The Balaban J connectivity index is 2.17. The third-order valence-electron chi connectivity index (χ3n) is 2.95. The molecule has 1 N–H and O–H groups in total. The Morgan fingerprint density at radius 2 is 1.64 bits per heavy atom. The smallest absolute Gasteiger partial charge is 0.254 e. The molecule has 0 bridgehead atoms. The van der Waals surface area contributed by atoms with Gasteiger partial charge in [-0.1, -0.05) is 71.2 Å². The van der Waals surface area contributed by atoms with Crippen LogP contribution in [0.2, 0.25) is 0 Å². The molecular weight excluding hydrogens is 345 g/mol. The zero-order valence-corrected chi connectivity index (χ0v) is 14.0. The Morgan fingerprint density at radius 3 is 2.23 bits per heavy atom. The number of hydrogen-bond donors (Lipinski definition) is 1. The van der Waals surface area contributed by atoms with Crippen LogP contribution in [-0.2, 0) is 0 Å². The Bertz CT molecular complexity index is 641. The molecule has 0 fully saturated rings. The van der Waals surface area contributed by atoms with E-state index in [-0.39, 0.29) is 5.91 Å². The average molecular weight is 359 g/mol. The average Bonchev–Trinajstić information content (AvgIpc) is 2.47. The summed E-state index contributed by atoms with van der Waals surface area (Å²) in [7, 11) is 0. The molecule has 22 heavy (non-hydrogen) atoms. The standard InChI is InChI=1S/C16H14Cl3NO2/c1-11-7-5-6-10-13(11)14(21)20-15(16(17,18)19)22-12-8-3-2-4-9-12/h2-10,15H,1H3,(H,20,21)/t15-/m0/s1. The first-order valence-electron chi connectivity index (χ1n) is 6.53. The van der Waals surface area contributed by atoms with Crippen LogP contribution in [0.1, 0.15) is 15.9 Å². The topological polar surface area (TPSA) is 38.3 Å². The van der Waals surface area contributed by atoms with Gasteiger partial charge in [0.05, 0.1) is 0 Å². The molecule has 2 aromatic rings. The van der Waals surface area contributed by atoms with E-state index in [4.69, 9.17) is 39.5 Å². The van der Waals surface area contributed by atoms with Gasteiger partial charge in [0.2, 0.25) is 10.0 Å². The molecule has 0 saturated carbocycles. The van der Waals surface area contributed by atoms with E-state index in [1.807, 2.05) is 25.1 Å². The Hall–Kier alpha value is -1.42. The van der Waals surface area contributed by atoms with Gasteiger partial charge in [0.15, 0.2) is 0 Å². The first kappa shape index (κ1) is 16.9. The molecule has 0 spiro atoms. The number of rotatable bonds is 4. The van der Waals surface area contributed by atoms with Crippen molar-refractivity contribution in [1.29, 1.82) is 0 Å². The number of ether oxygens (including phenoxy) is 1. The molecule has 0 saturated heterocycles. The van der Waals surface area contributed by atoms with Crippen LogP contribution in [0.5, 0.6) is 5.75 Å². The molecule has 1 atom stereocenters. The van der Waals surface area contributed by atoms with E-state index in [2.05, 4.69) is 5.32 Å². The van der Waals surface area contributed by atoms with Gasteiger partial charge >= 0.3 is 0 Å². The minimum Gasteiger partial charge on any atom is -0.466 e. The second-order valence-electron chi connectivity index (χ2n) is 4.64. The molecule has 0 radical (unpaired) electrons. The van der Waals surface area contributed by atoms with Crippen molar-refractivity contribution in [2.24, 2.45) is 0 Å². The summed E-state index contributed by atoms with van der Waals surface area (Å²) >= 11 is 17.7. The van der Waals surface area contributed by atoms with Crippen molar-refractivity contribution >= 4 is 40.7 Å². The lowest BCUT2D eigenvalue weighted by molar-refractivity contribution is 0.0832. The van der Waals surface area contributed by atoms with Gasteiger partial charge < -0.3 is 10.1 Å². The Kier molecular flexibility index (Phi) is 5.57. The predicted molar refractivity (Wildman–Crippen MR) is 89.8 cm³/mol. The van der Waals surface area contributed by atoms with Crippen molar-refractivity contribution in [2.45, 2.75) is 16.9 Å². The van der Waals surface area contributed by atoms with Crippen LogP contribution < -0.4 is 10.1 Å². The largest absolute Gasteiger partial charge is 0.466 e. The highest BCUT2D eigenvalue weighted by molar-refractivity contribution is 6.68. The molecule has 3 nitrogen and oxygen atoms in total. The minimum absolute atomic E-state index is 0.370. The number of aryl methyl sites for hydroxylation is 1. The van der Waals surface area contributed by atoms with E-state index >= 15 is 0 Å². The number of amides is 1. The van der Waals surface area contributed by atoms with Crippen LogP contribution >= 0.6 is 34.8 Å². The van der Waals surface area contributed by atoms with E-state index in [1.54, 1.807) is 36.4 Å². The zero-order valence-electron chi connectivity index (χ0n) is 11.7. The fourth-order valence-electron chi connectivity index (χ4n) is 1.84. The first-order valence-corrected chi connectivity index (χ1v) is 7.66. The molecule has 2 aromatic carbocycles. The highest BCUT2D eigenvalue weighted by Gasteiger charge is 2.36. The fraction of sp³-hybridized carbons (Fsp3) is 0.188. The second kappa shape index (κ2) is 7.23. The summed E-state index contributed by atoms with van der Waals surface area (Å²) < 4.78 is 3.77. The summed E-state index contributed by atoms with van der Waals surface area (Å²) in [4.78, 5) is 12.3. The van der Waals surface area contributed by atoms with Gasteiger partial charge in [0.1, 0.15) is 5.75 Å². The lowest BCUT2D eigenvalue weighted by Crippen LogP contribution is -2.48. The highest BCUT2D eigenvalue weighted by Crippen LogP contribution is 2.32. The van der Waals surface area contributed by atoms with Crippen LogP contribution in [0.25, 0.3) is 0 Å². The number of nitrogens with one attached hydrogen (secondary N) is 1. The first-order chi connectivity index (χ1) is 10.4. The van der Waals surface area contributed by atoms with Crippen molar-refractivity contribution in [1.82, 2.24) is 5.32 Å². The molecule has 0 aliphatic rings. The highest BCUT2D eigenvalue weighted by atomic mass is 35.6. The number of hydrogen-bond acceptors (Lipinski definition) is 2. The van der Waals surface area contributed by atoms with Gasteiger partial charge in [-0.25, -0.2) is 0 Å². The molecule has 0 heterocycles. The van der Waals surface area contributed by atoms with E-state index in [1.165, 1.54) is 0 Å². The van der Waals surface area contributed by atoms with Gasteiger partial charge in [0.25, 0.3) is 5.91 Å². The summed E-state index contributed by atoms with van der Waals surface area (Å²) in [6.45, 7) is 1.83. The fourth-order valence-corrected chi connectivity index (χ4v) is 2.14. The maximum absolute atomic E-state index is 12.3. The summed E-state index contributed by atoms with van der Waals surface area (Å²) in [5.41, 5.74) is 1.32. The van der Waals surface area contributed by atoms with Crippen LogP contribution in [0.4, 0.5) is 0 Å². The predicted octanol–water partition coefficient (Wildman–Crippen LogP) is 4.50. The minimum atomic E-state index is -1.81. The molecule has 6 heteroatoms. The molecular formula is C16H14Cl3NO2. The monoisotopic (exact) mass is 357 g/mol. The van der Waals surface area contributed by atoms with Crippen molar-refractivity contribution in [3.8, 4) is 5.75 Å². The molecule has 0 aromatic heterocycles. The van der Waals surface area contributed by atoms with E-state index in [0.717, 1.165) is 5.56 Å². The van der Waals surface area contributed by atoms with Crippen LogP contribution in [-0.4, -0.2) is 15.9 Å². The lowest BCUT2D eigenvalue weighted by Gasteiger charge is -2.26. The zero-order chi connectivity index (χ0) is 16.2. The molecule has 0 unspecified atom stereocenters. The molecule has 0 aliphatic carbocycles. The van der Waals surface area contributed by atoms with E-state index in [0.29, 0.717) is 11.3 Å². The molecule has 116 valence electrons. The number of halogens is 3. The Morgan fingerprint density at radius 1 is 1.05 bits per heavy atom. The van der Waals surface area contributed by atoms with Gasteiger partial charge in [0, 0.05) is 5.56 Å². The number of alkyl halides is 3. The van der Waals surface area contributed by atoms with Crippen LogP contribution in [0.3, 0.4) is 0 Å². The normalized spacial score (nSPS) is 12.5. The van der Waals surface area contributed by atoms with Crippen molar-refractivity contribution in [3.05, 3.63) is 65.7 Å². The van der Waals surface area contributed by atoms with E-state index in [9.17, 15) is 4.79 Å². The summed E-state index contributed by atoms with van der Waals surface area (Å²) in [6, 6.07) is 16.0. The maximum Gasteiger partial charge on any atom is 0.254 e. The number of carbonyl (C=O) groups excluding carboxylic acids is 1. The molecule has 2 rings (SSSR count). The van der Waals surface area contributed by atoms with Gasteiger partial charge in [-0.05, 0) is 30.7 Å².